The quantitative estimate of drug-likeness (QED) is 0.0325. The van der Waals surface area contributed by atoms with E-state index in [0.717, 1.165) is 91.0 Å². The number of piperazine rings is 1. The van der Waals surface area contributed by atoms with Crippen LogP contribution in [0.2, 0.25) is 0 Å². The minimum atomic E-state index is -1.14. The number of aromatic amines is 1. The van der Waals surface area contributed by atoms with Gasteiger partial charge in [-0.2, -0.15) is 5.10 Å². The van der Waals surface area contributed by atoms with Gasteiger partial charge in [0, 0.05) is 94.5 Å². The first-order chi connectivity index (χ1) is 39.4. The van der Waals surface area contributed by atoms with Crippen molar-refractivity contribution in [2.24, 2.45) is 0 Å². The zero-order chi connectivity index (χ0) is 56.7. The second-order valence-corrected chi connectivity index (χ2v) is 21.0. The number of piperidine rings is 2. The largest absolute Gasteiger partial charge is 0.494 e. The third-order valence-electron chi connectivity index (χ3n) is 15.3. The fraction of sp³-hybridized carbons (Fsp3) is 0.475. The Morgan fingerprint density at radius 3 is 2.13 bits per heavy atom. The van der Waals surface area contributed by atoms with Crippen LogP contribution in [-0.4, -0.2) is 169 Å². The lowest BCUT2D eigenvalue weighted by molar-refractivity contribution is -0.136. The Kier molecular flexibility index (Phi) is 21.5. The Morgan fingerprint density at radius 1 is 0.780 bits per heavy atom. The number of anilines is 2. The van der Waals surface area contributed by atoms with Gasteiger partial charge in [-0.25, -0.2) is 9.37 Å². The predicted octanol–water partition coefficient (Wildman–Crippen LogP) is 6.47. The molecule has 2 aromatic heterocycles. The number of pyridine rings is 1. The van der Waals surface area contributed by atoms with Gasteiger partial charge in [0.05, 0.1) is 61.4 Å². The summed E-state index contributed by atoms with van der Waals surface area (Å²) >= 11 is 0. The van der Waals surface area contributed by atoms with Crippen molar-refractivity contribution in [2.75, 3.05) is 103 Å². The molecule has 4 aliphatic rings. The normalized spacial score (nSPS) is 17.5. The van der Waals surface area contributed by atoms with Gasteiger partial charge in [0.2, 0.25) is 17.7 Å². The second-order valence-electron chi connectivity index (χ2n) is 21.0. The first-order valence-corrected chi connectivity index (χ1v) is 28.1. The molecular weight excluding hydrogens is 1080 g/mol. The van der Waals surface area contributed by atoms with Crippen molar-refractivity contribution in [3.8, 4) is 17.1 Å². The fourth-order valence-corrected chi connectivity index (χ4v) is 10.6. The minimum Gasteiger partial charge on any atom is -0.494 e. The molecule has 0 spiro atoms. The molecule has 3 fully saturated rings. The smallest absolute Gasteiger partial charge is 0.262 e. The van der Waals surface area contributed by atoms with Crippen LogP contribution in [0, 0.1) is 5.82 Å². The number of nitrogens with one attached hydrogen (secondary N) is 4. The van der Waals surface area contributed by atoms with Crippen molar-refractivity contribution in [3.63, 3.8) is 0 Å². The zero-order valence-corrected chi connectivity index (χ0v) is 47.3. The van der Waals surface area contributed by atoms with Crippen molar-refractivity contribution < 1.29 is 52.1 Å². The number of rotatable bonds is 27. The van der Waals surface area contributed by atoms with E-state index in [1.54, 1.807) is 22.2 Å². The molecule has 4 N–H and O–H groups in total. The van der Waals surface area contributed by atoms with Crippen LogP contribution in [0.1, 0.15) is 120 Å². The molecule has 4 aliphatic heterocycles. The summed E-state index contributed by atoms with van der Waals surface area (Å²) < 4.78 is 38.4. The number of imide groups is 2. The molecule has 2 atom stereocenters. The van der Waals surface area contributed by atoms with Gasteiger partial charge in [-0.3, -0.25) is 49.1 Å². The number of benzene rings is 3. The molecule has 438 valence electrons. The highest BCUT2D eigenvalue weighted by Crippen LogP contribution is 2.37. The number of likely N-dealkylation sites (tertiary alicyclic amines) is 1. The molecule has 0 aliphatic carbocycles. The maximum atomic E-state index is 15.3. The third kappa shape index (κ3) is 15.4. The van der Waals surface area contributed by atoms with E-state index >= 15 is 4.39 Å². The van der Waals surface area contributed by atoms with E-state index in [4.69, 9.17) is 23.9 Å². The van der Waals surface area contributed by atoms with Crippen molar-refractivity contribution in [1.29, 1.82) is 0 Å². The number of carbonyl (C=O) groups is 6. The van der Waals surface area contributed by atoms with Gasteiger partial charge in [0.1, 0.15) is 17.6 Å². The maximum Gasteiger partial charge on any atom is 0.262 e. The highest BCUT2D eigenvalue weighted by molar-refractivity contribution is 6.23. The Hall–Kier alpha value is -7.37. The molecule has 6 amide bonds. The summed E-state index contributed by atoms with van der Waals surface area (Å²) in [7, 11) is 2.12. The number of amides is 6. The van der Waals surface area contributed by atoms with E-state index < -0.39 is 41.0 Å². The van der Waals surface area contributed by atoms with Crippen LogP contribution in [0.5, 0.6) is 5.75 Å². The molecule has 0 saturated carbocycles. The third-order valence-corrected chi connectivity index (χ3v) is 15.3. The molecule has 82 heavy (non-hydrogen) atoms. The van der Waals surface area contributed by atoms with Gasteiger partial charge in [-0.1, -0.05) is 24.6 Å². The van der Waals surface area contributed by atoms with Crippen molar-refractivity contribution in [1.82, 2.24) is 45.5 Å². The number of halogens is 2. The lowest BCUT2D eigenvalue weighted by atomic mass is 9.86. The Labute approximate surface area is 482 Å². The monoisotopic (exact) mass is 1150 g/mol. The lowest BCUT2D eigenvalue weighted by Crippen LogP contribution is -2.54. The molecule has 23 heteroatoms. The minimum absolute atomic E-state index is 0. The second kappa shape index (κ2) is 29.0. The first-order valence-electron chi connectivity index (χ1n) is 28.1. The van der Waals surface area contributed by atoms with Gasteiger partial charge in [0.15, 0.2) is 11.6 Å². The number of nitrogens with zero attached hydrogens (tertiary/aromatic N) is 7. The van der Waals surface area contributed by atoms with Crippen LogP contribution < -0.4 is 25.6 Å². The summed E-state index contributed by atoms with van der Waals surface area (Å²) in [5.41, 5.74) is 2.80. The molecular formula is C59H73ClFN11O10. The van der Waals surface area contributed by atoms with Crippen LogP contribution in [0.15, 0.2) is 85.2 Å². The van der Waals surface area contributed by atoms with Gasteiger partial charge in [-0.05, 0) is 119 Å². The van der Waals surface area contributed by atoms with Crippen LogP contribution >= 0.6 is 12.4 Å². The summed E-state index contributed by atoms with van der Waals surface area (Å²) in [4.78, 5) is 92.4. The highest BCUT2D eigenvalue weighted by atomic mass is 35.5. The summed E-state index contributed by atoms with van der Waals surface area (Å²) in [6.45, 7) is 8.57. The van der Waals surface area contributed by atoms with E-state index in [9.17, 15) is 28.8 Å². The standard InChI is InChI=1S/C59H72FN11O10.ClH/c1-40(62-54(74)43-9-7-10-44(37-43)65-59(20-24-68(2)25-21-59)58-64-53(66-67-58)42-18-22-61-23-19-42)41-12-14-45(15-13-41)81-32-6-4-3-5-30-78-33-35-80-36-34-79-31-8-11-52(73)70-28-26-69(27-29-70)50-39-47-46(38-48(50)60)56(76)71(57(47)77)49-16-17-51(72)63-55(49)75;/h7,9-10,12-15,18-19,22-23,37-40,49,65H,3-6,8,11,16-17,20-21,24-36H2,1-2H3,(H,62,74)(H,63,72,75)(H,64,66,67);1H/t40-,49?;/m1./s1. The van der Waals surface area contributed by atoms with Crippen molar-refractivity contribution in [2.45, 2.75) is 88.8 Å². The number of hydrogen-bond acceptors (Lipinski definition) is 16. The zero-order valence-electron chi connectivity index (χ0n) is 46.5. The summed E-state index contributed by atoms with van der Waals surface area (Å²) in [5, 5.41) is 16.8. The predicted molar refractivity (Wildman–Crippen MR) is 305 cm³/mol. The maximum absolute atomic E-state index is 15.3. The van der Waals surface area contributed by atoms with Crippen LogP contribution in [0.3, 0.4) is 0 Å². The van der Waals surface area contributed by atoms with Crippen LogP contribution in [0.25, 0.3) is 11.4 Å². The molecule has 9 rings (SSSR count). The molecule has 3 aromatic carbocycles. The molecule has 5 aromatic rings. The summed E-state index contributed by atoms with van der Waals surface area (Å²) in [6, 6.07) is 20.2. The lowest BCUT2D eigenvalue weighted by Gasteiger charge is -2.40. The van der Waals surface area contributed by atoms with Crippen LogP contribution in [-0.2, 0) is 34.1 Å². The van der Waals surface area contributed by atoms with E-state index in [1.165, 1.54) is 6.07 Å². The number of unbranched alkanes of at least 4 members (excludes halogenated alkanes) is 3. The van der Waals surface area contributed by atoms with Crippen molar-refractivity contribution >= 4 is 59.2 Å². The van der Waals surface area contributed by atoms with Gasteiger partial charge in [0.25, 0.3) is 17.7 Å². The number of aromatic nitrogens is 4. The van der Waals surface area contributed by atoms with Gasteiger partial charge >= 0.3 is 0 Å². The molecule has 21 nitrogen and oxygen atoms in total. The SMILES string of the molecule is C[C@@H](NC(=O)c1cccc(NC2(c3nc(-c4ccncc4)n[nH]3)CCN(C)CC2)c1)c1ccc(OCCCCCCOCCOCCOCCCC(=O)N2CCN(c3cc4c(cc3F)C(=O)N(C3CCC(=O)NC3=O)C4=O)CC2)cc1.Cl. The molecule has 0 radical (unpaired) electrons. The Balaban J connectivity index is 0.00000880. The van der Waals surface area contributed by atoms with Gasteiger partial charge in [-0.15, -0.1) is 12.4 Å². The van der Waals surface area contributed by atoms with Crippen LogP contribution in [0.4, 0.5) is 15.8 Å². The summed E-state index contributed by atoms with van der Waals surface area (Å²) in [5.74, 6) is -1.38. The summed E-state index contributed by atoms with van der Waals surface area (Å²) in [6.07, 6.45) is 9.84. The number of hydrogen-bond donors (Lipinski definition) is 4. The first kappa shape index (κ1) is 60.7. The van der Waals surface area contributed by atoms with E-state index in [1.807, 2.05) is 67.6 Å². The number of fused-ring (bicyclic) bond motifs is 1. The average molecular weight is 1150 g/mol. The van der Waals surface area contributed by atoms with E-state index in [2.05, 4.69) is 43.1 Å². The fourth-order valence-electron chi connectivity index (χ4n) is 10.6. The number of H-pyrrole nitrogens is 1. The molecule has 0 bridgehead atoms. The van der Waals surface area contributed by atoms with E-state index in [0.29, 0.717) is 96.7 Å². The topological polar surface area (TPSA) is 243 Å². The van der Waals surface area contributed by atoms with Crippen molar-refractivity contribution in [3.05, 3.63) is 119 Å². The highest BCUT2D eigenvalue weighted by Gasteiger charge is 2.46. The molecule has 6 heterocycles. The van der Waals surface area contributed by atoms with Gasteiger partial charge < -0.3 is 44.3 Å². The Morgan fingerprint density at radius 2 is 1.44 bits per heavy atom. The number of carbonyl (C=O) groups excluding carboxylic acids is 6. The number of ether oxygens (including phenoxy) is 4. The molecule has 1 unspecified atom stereocenters. The Bertz CT molecular complexity index is 2990. The van der Waals surface area contributed by atoms with E-state index in [-0.39, 0.29) is 59.9 Å². The molecule has 3 saturated heterocycles. The average Bonchev–Trinajstić information content (AvgIpc) is 3.25.